The summed E-state index contributed by atoms with van der Waals surface area (Å²) in [7, 11) is -4.69. The van der Waals surface area contributed by atoms with E-state index in [4.69, 9.17) is 18.7 Å². The average molecular weight is 524 g/mol. The molecule has 4 aromatic rings. The SMILES string of the molecule is CC1(C)O[C@@H]2[C@H](O1)[C@@H](COP(=O)(O)O)O[C@H]2n1cnc2c(-c3cccc(-c4ccccc4)c3)ncnc21. The zero-order valence-electron chi connectivity index (χ0n) is 20.0. The van der Waals surface area contributed by atoms with Crippen molar-refractivity contribution in [2.45, 2.75) is 44.2 Å². The zero-order valence-corrected chi connectivity index (χ0v) is 20.9. The van der Waals surface area contributed by atoms with Gasteiger partial charge in [-0.3, -0.25) is 9.09 Å². The molecule has 0 amide bonds. The van der Waals surface area contributed by atoms with Crippen molar-refractivity contribution >= 4 is 19.0 Å². The predicted octanol–water partition coefficient (Wildman–Crippen LogP) is 3.69. The molecule has 4 atom stereocenters. The maximum absolute atomic E-state index is 11.3. The molecule has 2 aliphatic heterocycles. The molecule has 6 rings (SSSR count). The highest BCUT2D eigenvalue weighted by molar-refractivity contribution is 7.46. The monoisotopic (exact) mass is 524 g/mol. The van der Waals surface area contributed by atoms with Crippen molar-refractivity contribution in [2.24, 2.45) is 0 Å². The summed E-state index contributed by atoms with van der Waals surface area (Å²) < 4.78 is 36.0. The van der Waals surface area contributed by atoms with Crippen LogP contribution in [-0.2, 0) is 23.3 Å². The van der Waals surface area contributed by atoms with Crippen molar-refractivity contribution in [1.29, 1.82) is 0 Å². The van der Waals surface area contributed by atoms with Gasteiger partial charge >= 0.3 is 7.82 Å². The average Bonchev–Trinajstić information content (AvgIpc) is 3.53. The van der Waals surface area contributed by atoms with Gasteiger partial charge < -0.3 is 24.0 Å². The van der Waals surface area contributed by atoms with Crippen LogP contribution in [0, 0.1) is 0 Å². The fourth-order valence-corrected chi connectivity index (χ4v) is 5.25. The molecule has 2 aromatic heterocycles. The first-order valence-electron chi connectivity index (χ1n) is 11.7. The molecule has 0 unspecified atom stereocenters. The molecule has 0 aliphatic carbocycles. The van der Waals surface area contributed by atoms with Gasteiger partial charge in [-0.25, -0.2) is 19.5 Å². The van der Waals surface area contributed by atoms with Gasteiger partial charge in [0.05, 0.1) is 12.9 Å². The van der Waals surface area contributed by atoms with Crippen molar-refractivity contribution in [3.63, 3.8) is 0 Å². The standard InChI is InChI=1S/C25H25N4O7P/c1-25(2)35-21-18(12-33-37(30,31)32)34-24(22(21)36-25)29-14-28-20-19(26-13-27-23(20)29)17-10-6-9-16(11-17)15-7-4-3-5-8-15/h3-11,13-14,18,21-22,24H,12H2,1-2H3,(H2,30,31,32)/t18-,21-,22-,24-/m1/s1. The molecule has 192 valence electrons. The van der Waals surface area contributed by atoms with E-state index in [9.17, 15) is 14.4 Å². The minimum Gasteiger partial charge on any atom is -0.347 e. The number of rotatable bonds is 6. The Balaban J connectivity index is 1.36. The van der Waals surface area contributed by atoms with Crippen LogP contribution >= 0.6 is 7.82 Å². The first kappa shape index (κ1) is 24.3. The minimum absolute atomic E-state index is 0.361. The Morgan fingerprint density at radius 3 is 2.49 bits per heavy atom. The van der Waals surface area contributed by atoms with Gasteiger partial charge in [-0.1, -0.05) is 48.5 Å². The van der Waals surface area contributed by atoms with E-state index in [2.05, 4.69) is 33.2 Å². The van der Waals surface area contributed by atoms with Gasteiger partial charge in [0.1, 0.15) is 35.8 Å². The number of imidazole rings is 1. The number of fused-ring (bicyclic) bond motifs is 2. The summed E-state index contributed by atoms with van der Waals surface area (Å²) >= 11 is 0. The predicted molar refractivity (Wildman–Crippen MR) is 132 cm³/mol. The van der Waals surface area contributed by atoms with Crippen molar-refractivity contribution in [1.82, 2.24) is 19.5 Å². The second-order valence-corrected chi connectivity index (χ2v) is 10.6. The van der Waals surface area contributed by atoms with Crippen molar-refractivity contribution in [3.05, 3.63) is 67.3 Å². The van der Waals surface area contributed by atoms with E-state index in [0.717, 1.165) is 16.7 Å². The molecule has 11 nitrogen and oxygen atoms in total. The number of hydrogen-bond donors (Lipinski definition) is 2. The first-order chi connectivity index (χ1) is 17.7. The summed E-state index contributed by atoms with van der Waals surface area (Å²) in [6, 6.07) is 18.1. The van der Waals surface area contributed by atoms with Crippen LogP contribution in [0.25, 0.3) is 33.5 Å². The Hall–Kier alpha value is -3.02. The highest BCUT2D eigenvalue weighted by atomic mass is 31.2. The third-order valence-electron chi connectivity index (χ3n) is 6.41. The summed E-state index contributed by atoms with van der Waals surface area (Å²) in [4.78, 5) is 31.9. The first-order valence-corrected chi connectivity index (χ1v) is 13.3. The summed E-state index contributed by atoms with van der Waals surface area (Å²) in [6.45, 7) is 3.19. The number of ether oxygens (including phenoxy) is 3. The molecular formula is C25H25N4O7P. The van der Waals surface area contributed by atoms with Crippen LogP contribution in [0.2, 0.25) is 0 Å². The Labute approximate surface area is 212 Å². The van der Waals surface area contributed by atoms with Gasteiger partial charge in [0.15, 0.2) is 17.7 Å². The highest BCUT2D eigenvalue weighted by Crippen LogP contribution is 2.46. The van der Waals surface area contributed by atoms with Gasteiger partial charge in [-0.05, 0) is 31.0 Å². The highest BCUT2D eigenvalue weighted by Gasteiger charge is 2.56. The lowest BCUT2D eigenvalue weighted by Gasteiger charge is -2.24. The van der Waals surface area contributed by atoms with Gasteiger partial charge in [-0.2, -0.15) is 0 Å². The molecule has 2 N–H and O–H groups in total. The number of phosphoric acid groups is 1. The fourth-order valence-electron chi connectivity index (χ4n) is 4.91. The van der Waals surface area contributed by atoms with Crippen LogP contribution in [0.4, 0.5) is 0 Å². The summed E-state index contributed by atoms with van der Waals surface area (Å²) in [6.07, 6.45) is 0.422. The Morgan fingerprint density at radius 1 is 0.973 bits per heavy atom. The van der Waals surface area contributed by atoms with Crippen molar-refractivity contribution in [2.75, 3.05) is 6.61 Å². The number of phosphoric ester groups is 1. The molecule has 0 spiro atoms. The van der Waals surface area contributed by atoms with E-state index in [1.54, 1.807) is 24.7 Å². The van der Waals surface area contributed by atoms with Crippen LogP contribution < -0.4 is 0 Å². The van der Waals surface area contributed by atoms with Crippen LogP contribution in [0.1, 0.15) is 20.1 Å². The summed E-state index contributed by atoms with van der Waals surface area (Å²) in [5.41, 5.74) is 4.82. The maximum atomic E-state index is 11.3. The van der Waals surface area contributed by atoms with E-state index in [1.807, 2.05) is 36.4 Å². The molecule has 0 bridgehead atoms. The van der Waals surface area contributed by atoms with Gasteiger partial charge in [0.2, 0.25) is 0 Å². The van der Waals surface area contributed by atoms with Crippen LogP contribution in [-0.4, -0.2) is 60.0 Å². The molecular weight excluding hydrogens is 499 g/mol. The van der Waals surface area contributed by atoms with Crippen LogP contribution in [0.3, 0.4) is 0 Å². The van der Waals surface area contributed by atoms with Crippen LogP contribution in [0.15, 0.2) is 67.3 Å². The molecule has 0 radical (unpaired) electrons. The maximum Gasteiger partial charge on any atom is 0.469 e. The topological polar surface area (TPSA) is 138 Å². The van der Waals surface area contributed by atoms with E-state index in [1.165, 1.54) is 6.33 Å². The number of aromatic nitrogens is 4. The lowest BCUT2D eigenvalue weighted by molar-refractivity contribution is -0.199. The normalized spacial score (nSPS) is 25.0. The third-order valence-corrected chi connectivity index (χ3v) is 6.89. The molecule has 0 saturated carbocycles. The minimum atomic E-state index is -4.69. The lowest BCUT2D eigenvalue weighted by Crippen LogP contribution is -2.32. The fraction of sp³-hybridized carbons (Fsp3) is 0.320. The third kappa shape index (κ3) is 4.71. The zero-order chi connectivity index (χ0) is 25.8. The summed E-state index contributed by atoms with van der Waals surface area (Å²) in [5, 5.41) is 0. The number of hydrogen-bond acceptors (Lipinski definition) is 8. The molecule has 2 aromatic carbocycles. The second kappa shape index (κ2) is 9.07. The Kier molecular flexibility index (Phi) is 5.96. The number of benzene rings is 2. The lowest BCUT2D eigenvalue weighted by atomic mass is 10.0. The van der Waals surface area contributed by atoms with Gasteiger partial charge in [0.25, 0.3) is 0 Å². The quantitative estimate of drug-likeness (QED) is 0.359. The van der Waals surface area contributed by atoms with Gasteiger partial charge in [0, 0.05) is 5.56 Å². The Bertz CT molecular complexity index is 1490. The van der Waals surface area contributed by atoms with E-state index >= 15 is 0 Å². The molecule has 4 heterocycles. The van der Waals surface area contributed by atoms with Crippen molar-refractivity contribution < 1.29 is 33.1 Å². The van der Waals surface area contributed by atoms with E-state index in [-0.39, 0.29) is 6.61 Å². The second-order valence-electron chi connectivity index (χ2n) is 9.41. The van der Waals surface area contributed by atoms with Gasteiger partial charge in [-0.15, -0.1) is 0 Å². The molecule has 2 aliphatic rings. The molecule has 2 fully saturated rings. The smallest absolute Gasteiger partial charge is 0.347 e. The summed E-state index contributed by atoms with van der Waals surface area (Å²) in [5.74, 6) is -0.911. The number of nitrogens with zero attached hydrogens (tertiary/aromatic N) is 4. The largest absolute Gasteiger partial charge is 0.469 e. The van der Waals surface area contributed by atoms with Crippen molar-refractivity contribution in [3.8, 4) is 22.4 Å². The van der Waals surface area contributed by atoms with Crippen LogP contribution in [0.5, 0.6) is 0 Å². The molecule has 37 heavy (non-hydrogen) atoms. The molecule has 12 heteroatoms. The van der Waals surface area contributed by atoms with E-state index < -0.39 is 38.1 Å². The molecule has 2 saturated heterocycles. The van der Waals surface area contributed by atoms with E-state index in [0.29, 0.717) is 16.9 Å². The Morgan fingerprint density at radius 2 is 1.70 bits per heavy atom.